The van der Waals surface area contributed by atoms with Gasteiger partial charge in [-0.3, -0.25) is 4.98 Å². The van der Waals surface area contributed by atoms with Gasteiger partial charge in [-0.1, -0.05) is 152 Å². The molecule has 1 heterocycles. The van der Waals surface area contributed by atoms with E-state index in [0.29, 0.717) is 0 Å². The maximum absolute atomic E-state index is 5.09. The molecule has 0 unspecified atom stereocenters. The third-order valence-electron chi connectivity index (χ3n) is 10.1. The van der Waals surface area contributed by atoms with E-state index in [-0.39, 0.29) is 0 Å². The zero-order valence-corrected chi connectivity index (χ0v) is 30.3. The molecule has 0 spiro atoms. The second-order valence-corrected chi connectivity index (χ2v) is 13.7. The van der Waals surface area contributed by atoms with Crippen molar-refractivity contribution in [1.82, 2.24) is 4.98 Å². The van der Waals surface area contributed by atoms with Crippen molar-refractivity contribution in [3.05, 3.63) is 231 Å². The summed E-state index contributed by atoms with van der Waals surface area (Å²) in [6.45, 7) is 0. The van der Waals surface area contributed by atoms with Gasteiger partial charge in [-0.05, 0) is 128 Å². The van der Waals surface area contributed by atoms with Crippen molar-refractivity contribution >= 4 is 17.1 Å². The number of hydrogen-bond acceptors (Lipinski definition) is 2. The molecule has 2 heteroatoms. The first-order valence-electron chi connectivity index (χ1n) is 18.7. The largest absolute Gasteiger partial charge is 0.309 e. The Morgan fingerprint density at radius 1 is 0.236 bits per heavy atom. The highest BCUT2D eigenvalue weighted by Crippen LogP contribution is 2.39. The van der Waals surface area contributed by atoms with Crippen LogP contribution in [0.5, 0.6) is 0 Å². The summed E-state index contributed by atoms with van der Waals surface area (Å²) in [5.41, 5.74) is 16.9. The molecule has 260 valence electrons. The molecule has 0 aliphatic heterocycles. The van der Waals surface area contributed by atoms with Gasteiger partial charge in [0.1, 0.15) is 0 Å². The molecule has 0 radical (unpaired) electrons. The fourth-order valence-electron chi connectivity index (χ4n) is 7.28. The second-order valence-electron chi connectivity index (χ2n) is 13.7. The minimum atomic E-state index is 0.926. The van der Waals surface area contributed by atoms with Crippen LogP contribution in [0.15, 0.2) is 231 Å². The Hall–Kier alpha value is -7.29. The Labute approximate surface area is 323 Å². The highest BCUT2D eigenvalue weighted by atomic mass is 15.1. The minimum Gasteiger partial charge on any atom is -0.309 e. The Kier molecular flexibility index (Phi) is 9.37. The van der Waals surface area contributed by atoms with Crippen LogP contribution in [0.4, 0.5) is 17.1 Å². The van der Waals surface area contributed by atoms with E-state index >= 15 is 0 Å². The smallest absolute Gasteiger partial charge is 0.0704 e. The van der Waals surface area contributed by atoms with Gasteiger partial charge < -0.3 is 4.90 Å². The van der Waals surface area contributed by atoms with Crippen molar-refractivity contribution < 1.29 is 0 Å². The molecule has 0 saturated heterocycles. The van der Waals surface area contributed by atoms with Crippen LogP contribution in [-0.2, 0) is 0 Å². The Morgan fingerprint density at radius 2 is 0.545 bits per heavy atom. The van der Waals surface area contributed by atoms with E-state index in [9.17, 15) is 0 Å². The van der Waals surface area contributed by atoms with Gasteiger partial charge in [-0.2, -0.15) is 0 Å². The minimum absolute atomic E-state index is 0.926. The number of nitrogens with zero attached hydrogens (tertiary/aromatic N) is 2. The number of para-hydroxylation sites is 1. The van der Waals surface area contributed by atoms with Crippen LogP contribution in [0.1, 0.15) is 0 Å². The summed E-state index contributed by atoms with van der Waals surface area (Å²) < 4.78 is 0. The van der Waals surface area contributed by atoms with Gasteiger partial charge in [-0.25, -0.2) is 0 Å². The topological polar surface area (TPSA) is 16.1 Å². The maximum Gasteiger partial charge on any atom is 0.0704 e. The van der Waals surface area contributed by atoms with Crippen LogP contribution in [0, 0.1) is 0 Å². The zero-order chi connectivity index (χ0) is 36.8. The molecule has 0 aliphatic carbocycles. The Morgan fingerprint density at radius 3 is 0.909 bits per heavy atom. The molecule has 0 aliphatic rings. The van der Waals surface area contributed by atoms with Crippen molar-refractivity contribution in [2.24, 2.45) is 0 Å². The lowest BCUT2D eigenvalue weighted by Gasteiger charge is -2.25. The molecular weight excluding hydrogens is 665 g/mol. The lowest BCUT2D eigenvalue weighted by molar-refractivity contribution is 1.23. The van der Waals surface area contributed by atoms with Gasteiger partial charge in [0.15, 0.2) is 0 Å². The third-order valence-corrected chi connectivity index (χ3v) is 10.1. The molecule has 0 N–H and O–H groups in total. The second kappa shape index (κ2) is 15.4. The van der Waals surface area contributed by atoms with Crippen LogP contribution in [-0.4, -0.2) is 4.98 Å². The molecule has 0 fully saturated rings. The number of aromatic nitrogens is 1. The highest BCUT2D eigenvalue weighted by molar-refractivity contribution is 5.84. The number of benzene rings is 8. The summed E-state index contributed by atoms with van der Waals surface area (Å²) in [5.74, 6) is 0. The first-order valence-corrected chi connectivity index (χ1v) is 18.7. The summed E-state index contributed by atoms with van der Waals surface area (Å²) in [4.78, 5) is 7.36. The van der Waals surface area contributed by atoms with Crippen LogP contribution in [0.25, 0.3) is 66.9 Å². The lowest BCUT2D eigenvalue weighted by Crippen LogP contribution is -2.10. The van der Waals surface area contributed by atoms with Gasteiger partial charge in [0.25, 0.3) is 0 Å². The monoisotopic (exact) mass is 702 g/mol. The van der Waals surface area contributed by atoms with Crippen LogP contribution in [0.2, 0.25) is 0 Å². The van der Waals surface area contributed by atoms with Crippen LogP contribution >= 0.6 is 0 Å². The van der Waals surface area contributed by atoms with Gasteiger partial charge in [-0.15, -0.1) is 0 Å². The van der Waals surface area contributed by atoms with Crippen molar-refractivity contribution in [2.45, 2.75) is 0 Å². The fourth-order valence-corrected chi connectivity index (χ4v) is 7.28. The van der Waals surface area contributed by atoms with E-state index in [2.05, 4.69) is 229 Å². The van der Waals surface area contributed by atoms with Crippen molar-refractivity contribution in [2.75, 3.05) is 4.90 Å². The van der Waals surface area contributed by atoms with Crippen LogP contribution in [0.3, 0.4) is 0 Å². The molecule has 0 bridgehead atoms. The van der Waals surface area contributed by atoms with E-state index in [1.807, 2.05) is 6.20 Å². The summed E-state index contributed by atoms with van der Waals surface area (Å²) >= 11 is 0. The first kappa shape index (κ1) is 33.5. The van der Waals surface area contributed by atoms with Gasteiger partial charge in [0.05, 0.1) is 17.6 Å². The lowest BCUT2D eigenvalue weighted by atomic mass is 9.93. The molecule has 0 saturated carbocycles. The van der Waals surface area contributed by atoms with Crippen molar-refractivity contribution in [1.29, 1.82) is 0 Å². The van der Waals surface area contributed by atoms with E-state index in [0.717, 1.165) is 33.9 Å². The maximum atomic E-state index is 5.09. The number of pyridine rings is 1. The summed E-state index contributed by atoms with van der Waals surface area (Å²) in [6.07, 6.45) is 1.99. The average molecular weight is 703 g/mol. The molecule has 0 amide bonds. The summed E-state index contributed by atoms with van der Waals surface area (Å²) in [5, 5.41) is 0. The molecule has 9 aromatic rings. The number of anilines is 3. The standard InChI is InChI=1S/C53H38N2/c1-6-16-39(17-7-1)44-32-45(40-18-8-2-9-19-40)34-46(33-44)43-26-28-51(29-27-43)55(50-24-14-5-15-25-50)52-30-31-53(54-38-52)49-36-47(41-20-10-3-11-21-41)35-48(37-49)42-22-12-4-13-23-42/h1-38H. The zero-order valence-electron chi connectivity index (χ0n) is 30.3. The normalized spacial score (nSPS) is 10.9. The molecule has 2 nitrogen and oxygen atoms in total. The summed E-state index contributed by atoms with van der Waals surface area (Å²) in [7, 11) is 0. The highest BCUT2D eigenvalue weighted by Gasteiger charge is 2.15. The number of hydrogen-bond donors (Lipinski definition) is 0. The summed E-state index contributed by atoms with van der Waals surface area (Å²) in [6, 6.07) is 79.7. The third kappa shape index (κ3) is 7.35. The fraction of sp³-hybridized carbons (Fsp3) is 0. The van der Waals surface area contributed by atoms with Crippen LogP contribution < -0.4 is 4.90 Å². The SMILES string of the molecule is c1ccc(-c2cc(-c3ccccc3)cc(-c3ccc(N(c4ccccc4)c4ccc(-c5cc(-c6ccccc6)cc(-c6ccccc6)c5)nc4)cc3)c2)cc1. The van der Waals surface area contributed by atoms with E-state index < -0.39 is 0 Å². The van der Waals surface area contributed by atoms with E-state index in [4.69, 9.17) is 4.98 Å². The van der Waals surface area contributed by atoms with Gasteiger partial charge >= 0.3 is 0 Å². The predicted octanol–water partition coefficient (Wildman–Crippen LogP) is 14.6. The molecule has 8 aromatic carbocycles. The van der Waals surface area contributed by atoms with Gasteiger partial charge in [0.2, 0.25) is 0 Å². The Bertz CT molecular complexity index is 2350. The van der Waals surface area contributed by atoms with E-state index in [1.165, 1.54) is 50.1 Å². The average Bonchev–Trinajstić information content (AvgIpc) is 3.28. The quantitative estimate of drug-likeness (QED) is 0.149. The first-order chi connectivity index (χ1) is 27.2. The molecule has 0 atom stereocenters. The predicted molar refractivity (Wildman–Crippen MR) is 232 cm³/mol. The number of rotatable bonds is 9. The molecular formula is C53H38N2. The van der Waals surface area contributed by atoms with Crippen molar-refractivity contribution in [3.63, 3.8) is 0 Å². The van der Waals surface area contributed by atoms with Gasteiger partial charge in [0, 0.05) is 16.9 Å². The molecule has 55 heavy (non-hydrogen) atoms. The molecule has 1 aromatic heterocycles. The van der Waals surface area contributed by atoms with E-state index in [1.54, 1.807) is 0 Å². The Balaban J connectivity index is 1.08. The van der Waals surface area contributed by atoms with Crippen molar-refractivity contribution in [3.8, 4) is 66.9 Å². The molecule has 9 rings (SSSR count).